The predicted molar refractivity (Wildman–Crippen MR) is 86.6 cm³/mol. The quantitative estimate of drug-likeness (QED) is 0.869. The largest absolute Gasteiger partial charge is 0.381 e. The molecule has 2 saturated carbocycles. The van der Waals surface area contributed by atoms with Gasteiger partial charge >= 0.3 is 0 Å². The van der Waals surface area contributed by atoms with Gasteiger partial charge in [0.1, 0.15) is 5.82 Å². The molecule has 0 aliphatic heterocycles. The first-order valence-electron chi connectivity index (χ1n) is 8.69. The molecule has 0 unspecified atom stereocenters. The van der Waals surface area contributed by atoms with Crippen molar-refractivity contribution in [3.8, 4) is 0 Å². The molecule has 0 amide bonds. The third-order valence-corrected chi connectivity index (χ3v) is 5.01. The summed E-state index contributed by atoms with van der Waals surface area (Å²) >= 11 is 0. The molecule has 3 N–H and O–H groups in total. The molecule has 1 aromatic heterocycles. The maximum absolute atomic E-state index is 5.62. The van der Waals surface area contributed by atoms with Crippen LogP contribution in [0.25, 0.3) is 0 Å². The van der Waals surface area contributed by atoms with Crippen molar-refractivity contribution in [1.82, 2.24) is 9.97 Å². The minimum Gasteiger partial charge on any atom is -0.381 e. The molecule has 2 fully saturated rings. The molecule has 21 heavy (non-hydrogen) atoms. The fourth-order valence-corrected chi connectivity index (χ4v) is 3.82. The van der Waals surface area contributed by atoms with Gasteiger partial charge in [0.15, 0.2) is 0 Å². The number of aromatic nitrogens is 2. The molecule has 0 saturated heterocycles. The molecule has 1 heterocycles. The van der Waals surface area contributed by atoms with Gasteiger partial charge in [-0.15, -0.1) is 0 Å². The van der Waals surface area contributed by atoms with E-state index in [1.54, 1.807) is 0 Å². The lowest BCUT2D eigenvalue weighted by atomic mass is 9.88. The zero-order valence-corrected chi connectivity index (χ0v) is 13.0. The Bertz CT molecular complexity index is 448. The van der Waals surface area contributed by atoms with Crippen molar-refractivity contribution in [2.24, 2.45) is 5.73 Å². The fraction of sp³-hybridized carbons (Fsp3) is 0.765. The molecule has 0 spiro atoms. The van der Waals surface area contributed by atoms with E-state index >= 15 is 0 Å². The summed E-state index contributed by atoms with van der Waals surface area (Å²) in [6, 6.07) is 0. The van der Waals surface area contributed by atoms with E-state index in [9.17, 15) is 0 Å². The minimum absolute atomic E-state index is 0.586. The van der Waals surface area contributed by atoms with Gasteiger partial charge in [0, 0.05) is 24.9 Å². The summed E-state index contributed by atoms with van der Waals surface area (Å²) in [4.78, 5) is 9.69. The molecule has 4 nitrogen and oxygen atoms in total. The van der Waals surface area contributed by atoms with Crippen LogP contribution in [-0.2, 0) is 0 Å². The van der Waals surface area contributed by atoms with E-state index in [1.165, 1.54) is 63.5 Å². The number of nitrogens with zero attached hydrogens (tertiary/aromatic N) is 2. The van der Waals surface area contributed by atoms with Crippen LogP contribution >= 0.6 is 0 Å². The van der Waals surface area contributed by atoms with Crippen LogP contribution in [0.1, 0.15) is 81.1 Å². The van der Waals surface area contributed by atoms with Crippen LogP contribution in [-0.4, -0.2) is 23.1 Å². The second-order valence-electron chi connectivity index (χ2n) is 6.56. The highest BCUT2D eigenvalue weighted by molar-refractivity contribution is 5.48. The summed E-state index contributed by atoms with van der Waals surface area (Å²) in [5.74, 6) is 2.30. The van der Waals surface area contributed by atoms with Gasteiger partial charge in [-0.3, -0.25) is 0 Å². The van der Waals surface area contributed by atoms with Crippen LogP contribution in [0, 0.1) is 0 Å². The van der Waals surface area contributed by atoms with E-state index < -0.39 is 0 Å². The van der Waals surface area contributed by atoms with Crippen molar-refractivity contribution in [2.45, 2.75) is 69.6 Å². The highest BCUT2D eigenvalue weighted by atomic mass is 15.0. The third-order valence-electron chi connectivity index (χ3n) is 5.01. The number of nitrogens with one attached hydrogen (secondary N) is 1. The number of anilines is 1. The lowest BCUT2D eigenvalue weighted by molar-refractivity contribution is 0.427. The van der Waals surface area contributed by atoms with Crippen molar-refractivity contribution in [2.75, 3.05) is 18.4 Å². The maximum atomic E-state index is 5.62. The van der Waals surface area contributed by atoms with Gasteiger partial charge in [0.25, 0.3) is 0 Å². The molecule has 1 aromatic rings. The van der Waals surface area contributed by atoms with Crippen LogP contribution in [0.15, 0.2) is 6.20 Å². The van der Waals surface area contributed by atoms with Gasteiger partial charge in [0.05, 0.1) is 17.6 Å². The molecule has 4 heteroatoms. The van der Waals surface area contributed by atoms with Crippen LogP contribution < -0.4 is 11.1 Å². The van der Waals surface area contributed by atoms with Crippen molar-refractivity contribution in [3.05, 3.63) is 17.7 Å². The molecule has 0 radical (unpaired) electrons. The lowest BCUT2D eigenvalue weighted by Gasteiger charge is -2.22. The van der Waals surface area contributed by atoms with E-state index in [-0.39, 0.29) is 0 Å². The Hall–Kier alpha value is -1.16. The first-order valence-corrected chi connectivity index (χ1v) is 8.69. The molecular weight excluding hydrogens is 260 g/mol. The van der Waals surface area contributed by atoms with E-state index in [0.29, 0.717) is 18.4 Å². The number of hydrogen-bond acceptors (Lipinski definition) is 4. The highest BCUT2D eigenvalue weighted by Crippen LogP contribution is 2.38. The monoisotopic (exact) mass is 288 g/mol. The van der Waals surface area contributed by atoms with E-state index in [4.69, 9.17) is 10.7 Å². The van der Waals surface area contributed by atoms with Crippen LogP contribution in [0.3, 0.4) is 0 Å². The molecule has 3 rings (SSSR count). The Kier molecular flexibility index (Phi) is 5.07. The Morgan fingerprint density at radius 1 is 1.00 bits per heavy atom. The summed E-state index contributed by atoms with van der Waals surface area (Å²) in [7, 11) is 0. The van der Waals surface area contributed by atoms with Crippen LogP contribution in [0.5, 0.6) is 0 Å². The van der Waals surface area contributed by atoms with Crippen molar-refractivity contribution in [3.63, 3.8) is 0 Å². The molecule has 0 bridgehead atoms. The van der Waals surface area contributed by atoms with Gasteiger partial charge in [0.2, 0.25) is 0 Å². The van der Waals surface area contributed by atoms with Gasteiger partial charge < -0.3 is 11.1 Å². The van der Waals surface area contributed by atoms with Gasteiger partial charge in [-0.2, -0.15) is 0 Å². The smallest absolute Gasteiger partial charge is 0.131 e. The summed E-state index contributed by atoms with van der Waals surface area (Å²) in [6.07, 6.45) is 13.8. The number of rotatable bonds is 5. The zero-order chi connectivity index (χ0) is 14.5. The molecule has 0 atom stereocenters. The maximum Gasteiger partial charge on any atom is 0.131 e. The summed E-state index contributed by atoms with van der Waals surface area (Å²) < 4.78 is 0. The van der Waals surface area contributed by atoms with Gasteiger partial charge in [-0.05, 0) is 25.7 Å². The number of hydrogen-bond donors (Lipinski definition) is 2. The van der Waals surface area contributed by atoms with Crippen molar-refractivity contribution in [1.29, 1.82) is 0 Å². The van der Waals surface area contributed by atoms with Crippen LogP contribution in [0.4, 0.5) is 5.69 Å². The molecular formula is C17H28N4. The van der Waals surface area contributed by atoms with E-state index in [0.717, 1.165) is 18.1 Å². The van der Waals surface area contributed by atoms with Crippen molar-refractivity contribution < 1.29 is 0 Å². The standard InChI is InChI=1S/C17H28N4/c18-10-11-19-15-12-20-17(14-8-2-1-3-9-14)21-16(15)13-6-4-5-7-13/h12-14,19H,1-11,18H2. The predicted octanol–water partition coefficient (Wildman–Crippen LogP) is 3.55. The van der Waals surface area contributed by atoms with E-state index in [2.05, 4.69) is 10.3 Å². The lowest BCUT2D eigenvalue weighted by Crippen LogP contribution is -2.17. The Morgan fingerprint density at radius 2 is 1.67 bits per heavy atom. The highest BCUT2D eigenvalue weighted by Gasteiger charge is 2.25. The Balaban J connectivity index is 1.83. The molecule has 116 valence electrons. The van der Waals surface area contributed by atoms with E-state index in [1.807, 2.05) is 6.20 Å². The third kappa shape index (κ3) is 3.54. The summed E-state index contributed by atoms with van der Waals surface area (Å²) in [5, 5.41) is 3.42. The second kappa shape index (κ2) is 7.21. The SMILES string of the molecule is NCCNc1cnc(C2CCCCC2)nc1C1CCCC1. The molecule has 2 aliphatic rings. The van der Waals surface area contributed by atoms with Gasteiger partial charge in [-0.1, -0.05) is 32.1 Å². The molecule has 2 aliphatic carbocycles. The summed E-state index contributed by atoms with van der Waals surface area (Å²) in [5.41, 5.74) is 8.00. The second-order valence-corrected chi connectivity index (χ2v) is 6.56. The first-order chi connectivity index (χ1) is 10.4. The normalized spacial score (nSPS) is 20.8. The first kappa shape index (κ1) is 14.8. The Labute approximate surface area is 127 Å². The minimum atomic E-state index is 0.586. The number of nitrogens with two attached hydrogens (primary N) is 1. The summed E-state index contributed by atoms with van der Waals surface area (Å²) in [6.45, 7) is 1.44. The topological polar surface area (TPSA) is 63.8 Å². The average Bonchev–Trinajstić information content (AvgIpc) is 3.08. The van der Waals surface area contributed by atoms with Crippen LogP contribution in [0.2, 0.25) is 0 Å². The molecule has 0 aromatic carbocycles. The Morgan fingerprint density at radius 3 is 2.38 bits per heavy atom. The fourth-order valence-electron chi connectivity index (χ4n) is 3.82. The van der Waals surface area contributed by atoms with Gasteiger partial charge in [-0.25, -0.2) is 9.97 Å². The van der Waals surface area contributed by atoms with Crippen molar-refractivity contribution >= 4 is 5.69 Å². The average molecular weight is 288 g/mol. The zero-order valence-electron chi connectivity index (χ0n) is 13.0.